The molecule has 0 aliphatic rings. The Balaban J connectivity index is 1.99. The van der Waals surface area contributed by atoms with Crippen molar-refractivity contribution >= 4 is 11.9 Å². The highest BCUT2D eigenvalue weighted by Crippen LogP contribution is 2.35. The Morgan fingerprint density at radius 3 is 1.72 bits per heavy atom. The van der Waals surface area contributed by atoms with Crippen molar-refractivity contribution in [3.05, 3.63) is 95.8 Å². The molecule has 0 atom stereocenters. The second-order valence-corrected chi connectivity index (χ2v) is 8.96. The predicted molar refractivity (Wildman–Crippen MR) is 149 cm³/mol. The first-order valence-electron chi connectivity index (χ1n) is 12.6. The quantitative estimate of drug-likeness (QED) is 0.140. The van der Waals surface area contributed by atoms with Gasteiger partial charge in [-0.25, -0.2) is 14.0 Å². The van der Waals surface area contributed by atoms with Gasteiger partial charge in [0, 0.05) is 41.1 Å². The lowest BCUT2D eigenvalue weighted by atomic mass is 9.96. The van der Waals surface area contributed by atoms with E-state index in [1.807, 2.05) is 32.0 Å². The number of hydrogen-bond donors (Lipinski definition) is 0. The number of halogens is 1. The summed E-state index contributed by atoms with van der Waals surface area (Å²) in [5.74, 6) is -0.784. The molecule has 3 aromatic carbocycles. The van der Waals surface area contributed by atoms with Crippen molar-refractivity contribution in [2.75, 3.05) is 13.2 Å². The van der Waals surface area contributed by atoms with E-state index in [4.69, 9.17) is 18.9 Å². The normalized spacial score (nSPS) is 10.7. The van der Waals surface area contributed by atoms with Gasteiger partial charge < -0.3 is 18.9 Å². The van der Waals surface area contributed by atoms with E-state index < -0.39 is 17.8 Å². The molecule has 0 heterocycles. The summed E-state index contributed by atoms with van der Waals surface area (Å²) in [6, 6.07) is 15.2. The maximum Gasteiger partial charge on any atom is 0.338 e. The zero-order valence-electron chi connectivity index (χ0n) is 22.8. The first-order valence-corrected chi connectivity index (χ1v) is 12.6. The molecule has 0 saturated heterocycles. The molecule has 0 aliphatic carbocycles. The number of benzene rings is 3. The van der Waals surface area contributed by atoms with Gasteiger partial charge in [0.15, 0.2) is 0 Å². The summed E-state index contributed by atoms with van der Waals surface area (Å²) >= 11 is 0. The molecule has 3 rings (SSSR count). The van der Waals surface area contributed by atoms with Crippen LogP contribution in [0.2, 0.25) is 0 Å². The summed E-state index contributed by atoms with van der Waals surface area (Å²) in [5, 5.41) is 0. The van der Waals surface area contributed by atoms with Crippen LogP contribution in [0.1, 0.15) is 38.8 Å². The van der Waals surface area contributed by atoms with Crippen LogP contribution in [0.3, 0.4) is 0 Å². The van der Waals surface area contributed by atoms with Crippen LogP contribution in [0.15, 0.2) is 78.9 Å². The van der Waals surface area contributed by atoms with E-state index in [1.165, 1.54) is 6.07 Å². The molecular weight excluding hydrogens is 499 g/mol. The Kier molecular flexibility index (Phi) is 10.3. The lowest BCUT2D eigenvalue weighted by molar-refractivity contribution is -0.131. The van der Waals surface area contributed by atoms with Crippen LogP contribution in [0, 0.1) is 5.82 Å². The minimum absolute atomic E-state index is 0.200. The van der Waals surface area contributed by atoms with E-state index in [1.54, 1.807) is 44.2 Å². The van der Waals surface area contributed by atoms with Crippen LogP contribution in [0.25, 0.3) is 22.3 Å². The molecule has 0 aliphatic heterocycles. The number of carbonyl (C=O) groups is 2. The summed E-state index contributed by atoms with van der Waals surface area (Å²) in [7, 11) is 0. The SMILES string of the molecule is C=C(C)C(=O)Oc1ccc(-c2ccc(-c3cc(COCC)c(OC(=O)C(=C)C)c(COCC)c3)cc2F)cc1. The highest BCUT2D eigenvalue weighted by Gasteiger charge is 2.19. The van der Waals surface area contributed by atoms with Crippen molar-refractivity contribution in [2.45, 2.75) is 40.9 Å². The topological polar surface area (TPSA) is 71.1 Å². The highest BCUT2D eigenvalue weighted by atomic mass is 19.1. The largest absolute Gasteiger partial charge is 0.423 e. The van der Waals surface area contributed by atoms with Crippen molar-refractivity contribution in [1.29, 1.82) is 0 Å². The Hall–Kier alpha value is -4.07. The molecule has 0 amide bonds. The molecule has 0 radical (unpaired) electrons. The van der Waals surface area contributed by atoms with E-state index in [-0.39, 0.29) is 24.4 Å². The van der Waals surface area contributed by atoms with Crippen LogP contribution < -0.4 is 9.47 Å². The minimum atomic E-state index is -0.547. The van der Waals surface area contributed by atoms with Crippen LogP contribution in [-0.2, 0) is 32.3 Å². The van der Waals surface area contributed by atoms with Crippen LogP contribution in [0.5, 0.6) is 11.5 Å². The summed E-state index contributed by atoms with van der Waals surface area (Å²) in [6.07, 6.45) is 0. The highest BCUT2D eigenvalue weighted by molar-refractivity contribution is 5.89. The first kappa shape index (κ1) is 29.5. The first-order chi connectivity index (χ1) is 18.6. The molecule has 0 aromatic heterocycles. The Morgan fingerprint density at radius 1 is 0.718 bits per heavy atom. The molecule has 0 unspecified atom stereocenters. The summed E-state index contributed by atoms with van der Waals surface area (Å²) < 4.78 is 37.5. The van der Waals surface area contributed by atoms with Crippen molar-refractivity contribution in [2.24, 2.45) is 0 Å². The average molecular weight is 533 g/mol. The van der Waals surface area contributed by atoms with Crippen LogP contribution in [-0.4, -0.2) is 25.2 Å². The Labute approximate surface area is 228 Å². The van der Waals surface area contributed by atoms with Crippen molar-refractivity contribution in [1.82, 2.24) is 0 Å². The molecule has 39 heavy (non-hydrogen) atoms. The lowest BCUT2D eigenvalue weighted by Crippen LogP contribution is -2.13. The number of esters is 2. The molecule has 3 aromatic rings. The van der Waals surface area contributed by atoms with Gasteiger partial charge in [-0.15, -0.1) is 0 Å². The fourth-order valence-electron chi connectivity index (χ4n) is 3.70. The molecule has 0 N–H and O–H groups in total. The van der Waals surface area contributed by atoms with Crippen molar-refractivity contribution in [3.63, 3.8) is 0 Å². The van der Waals surface area contributed by atoms with Gasteiger partial charge in [0.1, 0.15) is 17.3 Å². The monoisotopic (exact) mass is 532 g/mol. The minimum Gasteiger partial charge on any atom is -0.423 e. The van der Waals surface area contributed by atoms with Crippen molar-refractivity contribution < 1.29 is 32.9 Å². The van der Waals surface area contributed by atoms with E-state index >= 15 is 4.39 Å². The van der Waals surface area contributed by atoms with Gasteiger partial charge in [-0.3, -0.25) is 0 Å². The summed E-state index contributed by atoms with van der Waals surface area (Å²) in [4.78, 5) is 24.1. The van der Waals surface area contributed by atoms with Crippen LogP contribution >= 0.6 is 0 Å². The molecule has 0 fully saturated rings. The number of rotatable bonds is 12. The lowest BCUT2D eigenvalue weighted by Gasteiger charge is -2.18. The standard InChI is InChI=1S/C32H33FO6/c1-7-36-18-25-15-24(16-26(19-37-8-2)30(25)39-32(35)21(5)6)23-11-14-28(29(33)17-23)22-9-12-27(13-10-22)38-31(34)20(3)4/h9-17H,3,5,7-8,18-19H2,1-2,4,6H3. The third-order valence-electron chi connectivity index (χ3n) is 5.74. The number of ether oxygens (including phenoxy) is 4. The third-order valence-corrected chi connectivity index (χ3v) is 5.74. The zero-order valence-corrected chi connectivity index (χ0v) is 22.8. The molecule has 204 valence electrons. The molecular formula is C32H33FO6. The van der Waals surface area contributed by atoms with Crippen molar-refractivity contribution in [3.8, 4) is 33.8 Å². The van der Waals surface area contributed by atoms with Gasteiger partial charge >= 0.3 is 11.9 Å². The van der Waals surface area contributed by atoms with Gasteiger partial charge in [-0.1, -0.05) is 37.4 Å². The summed E-state index contributed by atoms with van der Waals surface area (Å²) in [6.45, 7) is 15.4. The number of hydrogen-bond acceptors (Lipinski definition) is 6. The maximum absolute atomic E-state index is 15.4. The second-order valence-electron chi connectivity index (χ2n) is 8.96. The third kappa shape index (κ3) is 7.72. The molecule has 0 bridgehead atoms. The van der Waals surface area contributed by atoms with E-state index in [9.17, 15) is 9.59 Å². The molecule has 0 saturated carbocycles. The fourth-order valence-corrected chi connectivity index (χ4v) is 3.70. The molecule has 7 heteroatoms. The van der Waals surface area contributed by atoms with E-state index in [0.29, 0.717) is 52.5 Å². The van der Waals surface area contributed by atoms with Gasteiger partial charge in [-0.05, 0) is 74.7 Å². The zero-order chi connectivity index (χ0) is 28.5. The Bertz CT molecular complexity index is 1340. The second kappa shape index (κ2) is 13.6. The smallest absolute Gasteiger partial charge is 0.338 e. The number of carbonyl (C=O) groups excluding carboxylic acids is 2. The maximum atomic E-state index is 15.4. The Morgan fingerprint density at radius 2 is 1.23 bits per heavy atom. The van der Waals surface area contributed by atoms with Gasteiger partial charge in [0.05, 0.1) is 13.2 Å². The fraction of sp³-hybridized carbons (Fsp3) is 0.250. The molecule has 6 nitrogen and oxygen atoms in total. The molecule has 0 spiro atoms. The van der Waals surface area contributed by atoms with E-state index in [2.05, 4.69) is 13.2 Å². The van der Waals surface area contributed by atoms with Crippen LogP contribution in [0.4, 0.5) is 4.39 Å². The predicted octanol–water partition coefficient (Wildman–Crippen LogP) is 7.20. The van der Waals surface area contributed by atoms with Gasteiger partial charge in [0.2, 0.25) is 0 Å². The van der Waals surface area contributed by atoms with Gasteiger partial charge in [-0.2, -0.15) is 0 Å². The summed E-state index contributed by atoms with van der Waals surface area (Å²) in [5.41, 5.74) is 4.22. The van der Waals surface area contributed by atoms with E-state index in [0.717, 1.165) is 5.56 Å². The van der Waals surface area contributed by atoms with Gasteiger partial charge in [0.25, 0.3) is 0 Å². The average Bonchev–Trinajstić information content (AvgIpc) is 2.91.